The molecule has 0 bridgehead atoms. The highest BCUT2D eigenvalue weighted by molar-refractivity contribution is 6.00. The van der Waals surface area contributed by atoms with Gasteiger partial charge in [0.1, 0.15) is 5.69 Å². The van der Waals surface area contributed by atoms with Gasteiger partial charge in [-0.15, -0.1) is 10.2 Å². The number of aryl methyl sites for hydroxylation is 1. The quantitative estimate of drug-likeness (QED) is 0.486. The van der Waals surface area contributed by atoms with Crippen LogP contribution in [0.2, 0.25) is 0 Å². The van der Waals surface area contributed by atoms with Crippen molar-refractivity contribution in [3.05, 3.63) is 36.2 Å². The normalized spacial score (nSPS) is 14.6. The van der Waals surface area contributed by atoms with Gasteiger partial charge in [0.15, 0.2) is 17.3 Å². The van der Waals surface area contributed by atoms with Gasteiger partial charge in [0.05, 0.1) is 31.2 Å². The van der Waals surface area contributed by atoms with E-state index in [0.717, 1.165) is 12.8 Å². The minimum absolute atomic E-state index is 0.0694. The fourth-order valence-electron chi connectivity index (χ4n) is 3.12. The number of amides is 2. The molecule has 11 nitrogen and oxygen atoms in total. The van der Waals surface area contributed by atoms with Gasteiger partial charge in [-0.25, -0.2) is 0 Å². The molecule has 3 N–H and O–H groups in total. The Morgan fingerprint density at radius 2 is 2.12 bits per heavy atom. The van der Waals surface area contributed by atoms with Gasteiger partial charge >= 0.3 is 0 Å². The van der Waals surface area contributed by atoms with Crippen LogP contribution in [0.25, 0.3) is 11.3 Å². The van der Waals surface area contributed by atoms with Crippen LogP contribution in [0.15, 0.2) is 30.5 Å². The molecule has 0 saturated heterocycles. The van der Waals surface area contributed by atoms with Crippen LogP contribution in [-0.4, -0.2) is 51.1 Å². The Hall–Kier alpha value is -4.02. The fourth-order valence-corrected chi connectivity index (χ4v) is 3.12. The molecular weight excluding hydrogens is 412 g/mol. The number of nitrogens with one attached hydrogen (secondary N) is 3. The standard InChI is InChI=1S/C21H24N8O3/c1-4-29-23-11-16(28-29)13-6-5-7-14(19(13)32-3)24-15-10-17(25-20(30)12-8-9-12)26-27-18(15)21(31)22-2/h5-7,10-12H,4,8-9H2,1-3H3,(H,22,31)(H2,24,25,26,30)/i2D3. The summed E-state index contributed by atoms with van der Waals surface area (Å²) in [5.41, 5.74) is 1.54. The maximum atomic E-state index is 12.6. The summed E-state index contributed by atoms with van der Waals surface area (Å²) < 4.78 is 27.6. The fraction of sp³-hybridized carbons (Fsp3) is 0.333. The summed E-state index contributed by atoms with van der Waals surface area (Å²) in [6.07, 6.45) is 3.21. The maximum absolute atomic E-state index is 12.6. The van der Waals surface area contributed by atoms with Gasteiger partial charge in [0.25, 0.3) is 5.91 Å². The molecule has 0 aliphatic heterocycles. The molecule has 11 heteroatoms. The van der Waals surface area contributed by atoms with E-state index < -0.39 is 12.9 Å². The van der Waals surface area contributed by atoms with E-state index in [2.05, 4.69) is 31.0 Å². The number of hydrogen-bond donors (Lipinski definition) is 3. The molecule has 1 fully saturated rings. The van der Waals surface area contributed by atoms with Crippen molar-refractivity contribution in [3.63, 3.8) is 0 Å². The minimum atomic E-state index is -2.72. The topological polar surface area (TPSA) is 136 Å². The summed E-state index contributed by atoms with van der Waals surface area (Å²) in [6.45, 7) is -0.210. The zero-order chi connectivity index (χ0) is 25.2. The molecule has 2 heterocycles. The van der Waals surface area contributed by atoms with Crippen molar-refractivity contribution >= 4 is 29.0 Å². The smallest absolute Gasteiger partial charge is 0.273 e. The lowest BCUT2D eigenvalue weighted by Crippen LogP contribution is -2.22. The SMILES string of the molecule is [2H]C([2H])([2H])NC(=O)c1nnc(NC(=O)C2CC2)cc1Nc1cccc(-c2cnn(CC)n2)c1OC. The minimum Gasteiger partial charge on any atom is -0.494 e. The van der Waals surface area contributed by atoms with Gasteiger partial charge in [0.2, 0.25) is 5.91 Å². The van der Waals surface area contributed by atoms with Crippen LogP contribution in [-0.2, 0) is 11.3 Å². The van der Waals surface area contributed by atoms with Crippen molar-refractivity contribution in [2.45, 2.75) is 26.3 Å². The highest BCUT2D eigenvalue weighted by Crippen LogP contribution is 2.37. The number of aromatic nitrogens is 5. The molecule has 0 atom stereocenters. The predicted molar refractivity (Wildman–Crippen MR) is 118 cm³/mol. The van der Waals surface area contributed by atoms with Crippen LogP contribution in [0, 0.1) is 5.92 Å². The van der Waals surface area contributed by atoms with Gasteiger partial charge < -0.3 is 20.7 Å². The number of benzene rings is 1. The number of rotatable bonds is 8. The second-order valence-corrected chi connectivity index (χ2v) is 7.14. The third kappa shape index (κ3) is 4.36. The number of nitrogens with zero attached hydrogens (tertiary/aromatic N) is 5. The van der Waals surface area contributed by atoms with Crippen molar-refractivity contribution in [1.29, 1.82) is 0 Å². The summed E-state index contributed by atoms with van der Waals surface area (Å²) in [7, 11) is 1.49. The first-order chi connectivity index (χ1) is 16.7. The van der Waals surface area contributed by atoms with Gasteiger partial charge in [-0.2, -0.15) is 15.0 Å². The number of methoxy groups -OCH3 is 1. The average Bonchev–Trinajstić information content (AvgIpc) is 3.55. The van der Waals surface area contributed by atoms with Crippen molar-refractivity contribution in [2.24, 2.45) is 5.92 Å². The lowest BCUT2D eigenvalue weighted by Gasteiger charge is -2.16. The molecule has 1 aliphatic carbocycles. The van der Waals surface area contributed by atoms with Gasteiger partial charge in [-0.05, 0) is 31.9 Å². The number of anilines is 3. The highest BCUT2D eigenvalue weighted by atomic mass is 16.5. The van der Waals surface area contributed by atoms with E-state index in [0.29, 0.717) is 29.2 Å². The first kappa shape index (κ1) is 17.6. The summed E-state index contributed by atoms with van der Waals surface area (Å²) in [4.78, 5) is 26.4. The van der Waals surface area contributed by atoms with Crippen molar-refractivity contribution in [3.8, 4) is 17.0 Å². The number of para-hydroxylation sites is 1. The Morgan fingerprint density at radius 3 is 2.81 bits per heavy atom. The third-order valence-corrected chi connectivity index (χ3v) is 4.91. The molecular formula is C21H24N8O3. The second kappa shape index (κ2) is 9.00. The highest BCUT2D eigenvalue weighted by Gasteiger charge is 2.30. The molecule has 0 radical (unpaired) electrons. The Kier molecular flexibility index (Phi) is 4.96. The van der Waals surface area contributed by atoms with Gasteiger partial charge in [0, 0.05) is 28.6 Å². The molecule has 1 saturated carbocycles. The van der Waals surface area contributed by atoms with Gasteiger partial charge in [-0.1, -0.05) is 6.07 Å². The van der Waals surface area contributed by atoms with Crippen LogP contribution in [0.4, 0.5) is 17.2 Å². The molecule has 1 aliphatic rings. The number of hydrogen-bond acceptors (Lipinski definition) is 8. The molecule has 32 heavy (non-hydrogen) atoms. The van der Waals surface area contributed by atoms with E-state index in [1.54, 1.807) is 18.3 Å². The largest absolute Gasteiger partial charge is 0.494 e. The Balaban J connectivity index is 1.72. The van der Waals surface area contributed by atoms with E-state index in [1.807, 2.05) is 18.3 Å². The molecule has 4 rings (SSSR count). The van der Waals surface area contributed by atoms with Gasteiger partial charge in [-0.3, -0.25) is 9.59 Å². The van der Waals surface area contributed by atoms with Crippen LogP contribution in [0.5, 0.6) is 5.75 Å². The molecule has 166 valence electrons. The van der Waals surface area contributed by atoms with Crippen LogP contribution >= 0.6 is 0 Å². The molecule has 3 aromatic rings. The van der Waals surface area contributed by atoms with Crippen LogP contribution in [0.3, 0.4) is 0 Å². The molecule has 2 aromatic heterocycles. The van der Waals surface area contributed by atoms with Crippen molar-refractivity contribution in [1.82, 2.24) is 30.5 Å². The second-order valence-electron chi connectivity index (χ2n) is 7.14. The maximum Gasteiger partial charge on any atom is 0.273 e. The zero-order valence-corrected chi connectivity index (χ0v) is 17.5. The number of carbonyl (C=O) groups is 2. The van der Waals surface area contributed by atoms with Crippen LogP contribution < -0.4 is 20.7 Å². The summed E-state index contributed by atoms with van der Waals surface area (Å²) in [6, 6.07) is 6.70. The first-order valence-electron chi connectivity index (χ1n) is 11.5. The van der Waals surface area contributed by atoms with E-state index in [-0.39, 0.29) is 29.0 Å². The lowest BCUT2D eigenvalue weighted by atomic mass is 10.1. The zero-order valence-electron chi connectivity index (χ0n) is 20.5. The Labute approximate surface area is 188 Å². The Morgan fingerprint density at radius 1 is 1.28 bits per heavy atom. The van der Waals surface area contributed by atoms with Crippen molar-refractivity contribution in [2.75, 3.05) is 24.7 Å². The lowest BCUT2D eigenvalue weighted by molar-refractivity contribution is -0.117. The summed E-state index contributed by atoms with van der Waals surface area (Å²) in [5.74, 6) is -0.682. The molecule has 0 unspecified atom stereocenters. The van der Waals surface area contributed by atoms with Crippen LogP contribution in [0.1, 0.15) is 34.4 Å². The first-order valence-corrected chi connectivity index (χ1v) is 10.0. The number of carbonyl (C=O) groups excluding carboxylic acids is 2. The third-order valence-electron chi connectivity index (χ3n) is 4.91. The van der Waals surface area contributed by atoms with E-state index >= 15 is 0 Å². The average molecular weight is 439 g/mol. The predicted octanol–water partition coefficient (Wildman–Crippen LogP) is 2.22. The van der Waals surface area contributed by atoms with Crippen molar-refractivity contribution < 1.29 is 18.4 Å². The van der Waals surface area contributed by atoms with E-state index in [4.69, 9.17) is 8.85 Å². The molecule has 1 aromatic carbocycles. The summed E-state index contributed by atoms with van der Waals surface area (Å²) in [5, 5.41) is 24.0. The van der Waals surface area contributed by atoms with E-state index in [9.17, 15) is 9.59 Å². The molecule has 0 spiro atoms. The van der Waals surface area contributed by atoms with E-state index in [1.165, 1.54) is 18.0 Å². The molecule has 2 amide bonds. The Bertz CT molecular complexity index is 1260. The summed E-state index contributed by atoms with van der Waals surface area (Å²) >= 11 is 0. The monoisotopic (exact) mass is 439 g/mol. The number of ether oxygens (including phenoxy) is 1.